The number of rotatable bonds is 5. The van der Waals surface area contributed by atoms with Crippen molar-refractivity contribution in [3.05, 3.63) is 34.9 Å². The van der Waals surface area contributed by atoms with Gasteiger partial charge in [0.25, 0.3) is 0 Å². The van der Waals surface area contributed by atoms with Crippen LogP contribution in [0.4, 0.5) is 0 Å². The maximum absolute atomic E-state index is 12.3. The molecule has 0 aromatic heterocycles. The van der Waals surface area contributed by atoms with E-state index in [0.717, 1.165) is 37.6 Å². The number of carbonyl (C=O) groups is 1. The Kier molecular flexibility index (Phi) is 9.39. The lowest BCUT2D eigenvalue weighted by Crippen LogP contribution is -2.39. The standard InChI is InChI=1S/C17H24ClN3O.2ClH/c18-15-5-3-4-13(10-15)16(21-8-1-2-9-21)12-20-17(22)14-6-7-19-11-14;;/h3-5,10,14,16,19H,1-2,6-9,11-12H2,(H,20,22);2*1H. The molecule has 2 aliphatic rings. The molecule has 2 unspecified atom stereocenters. The quantitative estimate of drug-likeness (QED) is 0.807. The Hall–Kier alpha value is -0.520. The minimum atomic E-state index is 0. The molecule has 2 saturated heterocycles. The van der Waals surface area contributed by atoms with E-state index in [1.165, 1.54) is 18.4 Å². The van der Waals surface area contributed by atoms with Crippen molar-refractivity contribution < 1.29 is 4.79 Å². The van der Waals surface area contributed by atoms with Crippen LogP contribution in [0.5, 0.6) is 0 Å². The number of halogens is 3. The number of nitrogens with one attached hydrogen (secondary N) is 2. The van der Waals surface area contributed by atoms with E-state index in [2.05, 4.69) is 21.6 Å². The average molecular weight is 395 g/mol. The van der Waals surface area contributed by atoms with Crippen LogP contribution in [0.15, 0.2) is 24.3 Å². The number of carbonyl (C=O) groups excluding carboxylic acids is 1. The van der Waals surface area contributed by atoms with Gasteiger partial charge in [-0.25, -0.2) is 0 Å². The highest BCUT2D eigenvalue weighted by Crippen LogP contribution is 2.26. The first kappa shape index (κ1) is 21.5. The van der Waals surface area contributed by atoms with E-state index < -0.39 is 0 Å². The van der Waals surface area contributed by atoms with Crippen molar-refractivity contribution in [2.24, 2.45) is 5.92 Å². The van der Waals surface area contributed by atoms with Crippen molar-refractivity contribution in [2.45, 2.75) is 25.3 Å². The fraction of sp³-hybridized carbons (Fsp3) is 0.588. The van der Waals surface area contributed by atoms with Crippen LogP contribution >= 0.6 is 36.4 Å². The number of hydrogen-bond donors (Lipinski definition) is 2. The molecule has 24 heavy (non-hydrogen) atoms. The molecule has 1 aromatic carbocycles. The summed E-state index contributed by atoms with van der Waals surface area (Å²) in [5.74, 6) is 0.301. The summed E-state index contributed by atoms with van der Waals surface area (Å²) in [5.41, 5.74) is 1.19. The van der Waals surface area contributed by atoms with Gasteiger partial charge in [-0.3, -0.25) is 9.69 Å². The molecule has 7 heteroatoms. The molecule has 0 saturated carbocycles. The van der Waals surface area contributed by atoms with E-state index in [1.54, 1.807) is 0 Å². The van der Waals surface area contributed by atoms with Gasteiger partial charge in [0.05, 0.1) is 12.0 Å². The van der Waals surface area contributed by atoms with Gasteiger partial charge in [0.2, 0.25) is 5.91 Å². The summed E-state index contributed by atoms with van der Waals surface area (Å²) in [6.45, 7) is 4.60. The van der Waals surface area contributed by atoms with Crippen molar-refractivity contribution in [1.82, 2.24) is 15.5 Å². The van der Waals surface area contributed by atoms with E-state index in [-0.39, 0.29) is 42.7 Å². The van der Waals surface area contributed by atoms with Crippen molar-refractivity contribution >= 4 is 42.3 Å². The molecular formula is C17H26Cl3N3O. The lowest BCUT2D eigenvalue weighted by molar-refractivity contribution is -0.124. The highest BCUT2D eigenvalue weighted by atomic mass is 35.5. The van der Waals surface area contributed by atoms with Crippen LogP contribution in [0, 0.1) is 5.92 Å². The summed E-state index contributed by atoms with van der Waals surface area (Å²) in [5, 5.41) is 7.16. The molecule has 3 rings (SSSR count). The zero-order chi connectivity index (χ0) is 15.4. The fourth-order valence-electron chi connectivity index (χ4n) is 3.44. The van der Waals surface area contributed by atoms with Crippen LogP contribution in [0.25, 0.3) is 0 Å². The highest BCUT2D eigenvalue weighted by Gasteiger charge is 2.26. The maximum Gasteiger partial charge on any atom is 0.224 e. The number of likely N-dealkylation sites (tertiary alicyclic amines) is 1. The van der Waals surface area contributed by atoms with Crippen LogP contribution in [-0.2, 0) is 4.79 Å². The van der Waals surface area contributed by atoms with Crippen molar-refractivity contribution in [3.63, 3.8) is 0 Å². The molecule has 2 N–H and O–H groups in total. The summed E-state index contributed by atoms with van der Waals surface area (Å²) in [6.07, 6.45) is 3.41. The first-order valence-electron chi connectivity index (χ1n) is 8.22. The summed E-state index contributed by atoms with van der Waals surface area (Å²) < 4.78 is 0. The van der Waals surface area contributed by atoms with Crippen LogP contribution in [-0.4, -0.2) is 43.5 Å². The highest BCUT2D eigenvalue weighted by molar-refractivity contribution is 6.30. The van der Waals surface area contributed by atoms with Gasteiger partial charge in [-0.15, -0.1) is 24.8 Å². The van der Waals surface area contributed by atoms with Crippen molar-refractivity contribution in [2.75, 3.05) is 32.7 Å². The smallest absolute Gasteiger partial charge is 0.224 e. The maximum atomic E-state index is 12.3. The first-order chi connectivity index (χ1) is 10.7. The average Bonchev–Trinajstić information content (AvgIpc) is 3.21. The Balaban J connectivity index is 0.00000144. The summed E-state index contributed by atoms with van der Waals surface area (Å²) >= 11 is 6.15. The van der Waals surface area contributed by atoms with Gasteiger partial charge in [0.1, 0.15) is 0 Å². The molecule has 2 heterocycles. The van der Waals surface area contributed by atoms with E-state index >= 15 is 0 Å². The second-order valence-corrected chi connectivity index (χ2v) is 6.69. The Morgan fingerprint density at radius 1 is 1.33 bits per heavy atom. The predicted molar refractivity (Wildman–Crippen MR) is 103 cm³/mol. The first-order valence-corrected chi connectivity index (χ1v) is 8.60. The zero-order valence-electron chi connectivity index (χ0n) is 13.7. The molecule has 2 aliphatic heterocycles. The summed E-state index contributed by atoms with van der Waals surface area (Å²) in [7, 11) is 0. The number of benzene rings is 1. The van der Waals surface area contributed by atoms with E-state index in [1.807, 2.05) is 18.2 Å². The van der Waals surface area contributed by atoms with Crippen LogP contribution in [0.3, 0.4) is 0 Å². The van der Waals surface area contributed by atoms with Crippen LogP contribution < -0.4 is 10.6 Å². The Morgan fingerprint density at radius 3 is 2.71 bits per heavy atom. The lowest BCUT2D eigenvalue weighted by atomic mass is 10.0. The molecule has 2 fully saturated rings. The van der Waals surface area contributed by atoms with Crippen LogP contribution in [0.1, 0.15) is 30.9 Å². The lowest BCUT2D eigenvalue weighted by Gasteiger charge is -2.28. The summed E-state index contributed by atoms with van der Waals surface area (Å²) in [4.78, 5) is 14.7. The third kappa shape index (κ3) is 5.50. The molecule has 0 aliphatic carbocycles. The van der Waals surface area contributed by atoms with Gasteiger partial charge in [-0.2, -0.15) is 0 Å². The topological polar surface area (TPSA) is 44.4 Å². The second kappa shape index (κ2) is 10.5. The molecule has 2 atom stereocenters. The minimum absolute atomic E-state index is 0. The Bertz CT molecular complexity index is 518. The Labute approximate surface area is 161 Å². The fourth-order valence-corrected chi connectivity index (χ4v) is 3.64. The molecule has 136 valence electrons. The Morgan fingerprint density at radius 2 is 2.08 bits per heavy atom. The molecular weight excluding hydrogens is 369 g/mol. The third-order valence-corrected chi connectivity index (χ3v) is 4.95. The van der Waals surface area contributed by atoms with Crippen molar-refractivity contribution in [1.29, 1.82) is 0 Å². The largest absolute Gasteiger partial charge is 0.354 e. The van der Waals surface area contributed by atoms with Gasteiger partial charge in [0, 0.05) is 18.1 Å². The van der Waals surface area contributed by atoms with Gasteiger partial charge >= 0.3 is 0 Å². The number of nitrogens with zero attached hydrogens (tertiary/aromatic N) is 1. The summed E-state index contributed by atoms with van der Waals surface area (Å²) in [6, 6.07) is 8.24. The number of amides is 1. The number of hydrogen-bond acceptors (Lipinski definition) is 3. The second-order valence-electron chi connectivity index (χ2n) is 6.25. The third-order valence-electron chi connectivity index (χ3n) is 4.72. The molecule has 0 radical (unpaired) electrons. The molecule has 1 aromatic rings. The minimum Gasteiger partial charge on any atom is -0.354 e. The van der Waals surface area contributed by atoms with E-state index in [0.29, 0.717) is 6.54 Å². The predicted octanol–water partition coefficient (Wildman–Crippen LogP) is 3.05. The van der Waals surface area contributed by atoms with E-state index in [9.17, 15) is 4.79 Å². The molecule has 4 nitrogen and oxygen atoms in total. The monoisotopic (exact) mass is 393 g/mol. The van der Waals surface area contributed by atoms with Gasteiger partial charge in [0.15, 0.2) is 0 Å². The molecule has 0 spiro atoms. The SMILES string of the molecule is Cl.Cl.O=C(NCC(c1cccc(Cl)c1)N1CCCC1)C1CCNC1. The van der Waals surface area contributed by atoms with Crippen LogP contribution in [0.2, 0.25) is 5.02 Å². The van der Waals surface area contributed by atoms with Gasteiger partial charge < -0.3 is 10.6 Å². The molecule has 1 amide bonds. The van der Waals surface area contributed by atoms with E-state index in [4.69, 9.17) is 11.6 Å². The van der Waals surface area contributed by atoms with Gasteiger partial charge in [-0.1, -0.05) is 23.7 Å². The van der Waals surface area contributed by atoms with Gasteiger partial charge in [-0.05, 0) is 56.6 Å². The zero-order valence-corrected chi connectivity index (χ0v) is 16.1. The molecule has 0 bridgehead atoms. The normalized spacial score (nSPS) is 21.6. The van der Waals surface area contributed by atoms with Crippen molar-refractivity contribution in [3.8, 4) is 0 Å².